The van der Waals surface area contributed by atoms with Crippen LogP contribution in [0.3, 0.4) is 0 Å². The number of methoxy groups -OCH3 is 2. The van der Waals surface area contributed by atoms with Crippen molar-refractivity contribution in [3.63, 3.8) is 0 Å². The Bertz CT molecular complexity index is 928. The number of ether oxygens (including phenoxy) is 2. The first-order valence-corrected chi connectivity index (χ1v) is 10.9. The molecule has 4 rings (SSSR count). The molecule has 0 saturated carbocycles. The molecule has 0 bridgehead atoms. The van der Waals surface area contributed by atoms with Crippen LogP contribution in [0.15, 0.2) is 16.6 Å². The molecule has 6 nitrogen and oxygen atoms in total. The lowest BCUT2D eigenvalue weighted by Crippen LogP contribution is -2.39. The largest absolute Gasteiger partial charge is 0.493 e. The van der Waals surface area contributed by atoms with Crippen molar-refractivity contribution in [2.75, 3.05) is 26.1 Å². The third-order valence-corrected chi connectivity index (χ3v) is 7.12. The summed E-state index contributed by atoms with van der Waals surface area (Å²) in [6.45, 7) is 6.34. The number of hydrogen-bond acceptors (Lipinski definition) is 6. The summed E-state index contributed by atoms with van der Waals surface area (Å²) in [4.78, 5) is 16.7. The van der Waals surface area contributed by atoms with Crippen LogP contribution in [0, 0.1) is 0 Å². The number of carbonyl (C=O) groups excluding carboxylic acids is 1. The minimum Gasteiger partial charge on any atom is -0.493 e. The van der Waals surface area contributed by atoms with Gasteiger partial charge in [0.05, 0.1) is 24.3 Å². The quantitative estimate of drug-likeness (QED) is 0.709. The Labute approximate surface area is 177 Å². The summed E-state index contributed by atoms with van der Waals surface area (Å²) >= 11 is 5.23. The monoisotopic (exact) mass is 465 g/mol. The number of amides is 1. The van der Waals surface area contributed by atoms with Gasteiger partial charge in [0.25, 0.3) is 5.91 Å². The van der Waals surface area contributed by atoms with Crippen LogP contribution in [-0.2, 0) is 13.0 Å². The number of anilines is 1. The Morgan fingerprint density at radius 3 is 2.71 bits per heavy atom. The second-order valence-electron chi connectivity index (χ2n) is 7.31. The van der Waals surface area contributed by atoms with Gasteiger partial charge < -0.3 is 20.1 Å². The molecule has 1 aromatic heterocycles. The number of halogens is 1. The van der Waals surface area contributed by atoms with Gasteiger partial charge in [-0.2, -0.15) is 0 Å². The number of nitrogens with one attached hydrogen (secondary N) is 2. The van der Waals surface area contributed by atoms with E-state index in [2.05, 4.69) is 45.3 Å². The fraction of sp³-hybridized carbons (Fsp3) is 0.450. The van der Waals surface area contributed by atoms with Gasteiger partial charge in [-0.3, -0.25) is 9.69 Å². The molecule has 0 spiro atoms. The van der Waals surface area contributed by atoms with Gasteiger partial charge in [-0.25, -0.2) is 0 Å². The summed E-state index contributed by atoms with van der Waals surface area (Å²) in [7, 11) is 3.21. The van der Waals surface area contributed by atoms with Crippen LogP contribution in [0.2, 0.25) is 0 Å². The Morgan fingerprint density at radius 1 is 1.25 bits per heavy atom. The Kier molecular flexibility index (Phi) is 5.28. The van der Waals surface area contributed by atoms with E-state index < -0.39 is 0 Å². The van der Waals surface area contributed by atoms with E-state index in [1.54, 1.807) is 25.6 Å². The van der Waals surface area contributed by atoms with Gasteiger partial charge in [-0.15, -0.1) is 11.3 Å². The molecule has 1 atom stereocenters. The molecule has 2 N–H and O–H groups in total. The highest BCUT2D eigenvalue weighted by atomic mass is 79.9. The van der Waals surface area contributed by atoms with Crippen LogP contribution in [0.4, 0.5) is 5.00 Å². The van der Waals surface area contributed by atoms with E-state index in [9.17, 15) is 4.79 Å². The fourth-order valence-corrected chi connectivity index (χ4v) is 5.77. The predicted molar refractivity (Wildman–Crippen MR) is 115 cm³/mol. The second kappa shape index (κ2) is 7.57. The lowest BCUT2D eigenvalue weighted by atomic mass is 9.99. The molecule has 0 saturated heterocycles. The van der Waals surface area contributed by atoms with Gasteiger partial charge in [0.1, 0.15) is 11.2 Å². The van der Waals surface area contributed by atoms with Crippen LogP contribution in [-0.4, -0.2) is 37.6 Å². The molecule has 150 valence electrons. The van der Waals surface area contributed by atoms with Crippen molar-refractivity contribution >= 4 is 38.2 Å². The second-order valence-corrected chi connectivity index (χ2v) is 9.27. The average Bonchev–Trinajstić information content (AvgIpc) is 3.05. The van der Waals surface area contributed by atoms with E-state index >= 15 is 0 Å². The Balaban J connectivity index is 1.66. The van der Waals surface area contributed by atoms with Crippen LogP contribution in [0.5, 0.6) is 11.5 Å². The van der Waals surface area contributed by atoms with Crippen LogP contribution in [0.25, 0.3) is 0 Å². The Hall–Kier alpha value is -1.77. The number of thiophene rings is 1. The minimum absolute atomic E-state index is 0.0137. The van der Waals surface area contributed by atoms with E-state index in [1.165, 1.54) is 10.4 Å². The van der Waals surface area contributed by atoms with Crippen LogP contribution in [0.1, 0.15) is 46.4 Å². The third kappa shape index (κ3) is 3.27. The maximum absolute atomic E-state index is 13.0. The maximum atomic E-state index is 13.0. The van der Waals surface area contributed by atoms with E-state index in [-0.39, 0.29) is 12.1 Å². The van der Waals surface area contributed by atoms with Crippen LogP contribution >= 0.6 is 27.3 Å². The van der Waals surface area contributed by atoms with E-state index in [4.69, 9.17) is 9.47 Å². The molecule has 0 unspecified atom stereocenters. The van der Waals surface area contributed by atoms with Crippen molar-refractivity contribution in [1.82, 2.24) is 10.2 Å². The molecule has 0 radical (unpaired) electrons. The summed E-state index contributed by atoms with van der Waals surface area (Å²) in [5.41, 5.74) is 2.92. The van der Waals surface area contributed by atoms with Crippen molar-refractivity contribution in [2.45, 2.75) is 39.0 Å². The molecular formula is C20H24BrN3O3S. The molecule has 2 aromatic rings. The fourth-order valence-electron chi connectivity index (χ4n) is 3.85. The molecule has 28 heavy (non-hydrogen) atoms. The average molecular weight is 466 g/mol. The maximum Gasteiger partial charge on any atom is 0.256 e. The minimum atomic E-state index is -0.322. The first kappa shape index (κ1) is 19.5. The van der Waals surface area contributed by atoms with Crippen molar-refractivity contribution < 1.29 is 14.3 Å². The topological polar surface area (TPSA) is 62.8 Å². The number of rotatable bonds is 4. The number of carbonyl (C=O) groups is 1. The first-order valence-electron chi connectivity index (χ1n) is 9.30. The molecule has 1 amide bonds. The smallest absolute Gasteiger partial charge is 0.256 e. The van der Waals surface area contributed by atoms with Gasteiger partial charge in [-0.1, -0.05) is 0 Å². The summed E-state index contributed by atoms with van der Waals surface area (Å²) in [5.74, 6) is 1.24. The van der Waals surface area contributed by atoms with Gasteiger partial charge in [0.15, 0.2) is 11.5 Å². The lowest BCUT2D eigenvalue weighted by Gasteiger charge is -2.31. The molecule has 2 aliphatic rings. The summed E-state index contributed by atoms with van der Waals surface area (Å²) in [6, 6.07) is 4.34. The van der Waals surface area contributed by atoms with Crippen LogP contribution < -0.4 is 20.1 Å². The number of hydrogen-bond donors (Lipinski definition) is 2. The highest BCUT2D eigenvalue weighted by molar-refractivity contribution is 9.10. The zero-order valence-corrected chi connectivity index (χ0v) is 18.8. The Morgan fingerprint density at radius 2 is 2.04 bits per heavy atom. The summed E-state index contributed by atoms with van der Waals surface area (Å²) in [5, 5.41) is 7.57. The molecule has 8 heteroatoms. The zero-order chi connectivity index (χ0) is 20.0. The van der Waals surface area contributed by atoms with E-state index in [1.807, 2.05) is 12.1 Å². The molecule has 0 aliphatic carbocycles. The lowest BCUT2D eigenvalue weighted by molar-refractivity contribution is 0.0934. The van der Waals surface area contributed by atoms with Crippen molar-refractivity contribution in [2.24, 2.45) is 0 Å². The van der Waals surface area contributed by atoms with E-state index in [0.29, 0.717) is 17.5 Å². The molecule has 1 aromatic carbocycles. The third-order valence-electron chi connectivity index (χ3n) is 5.38. The summed E-state index contributed by atoms with van der Waals surface area (Å²) < 4.78 is 11.6. The van der Waals surface area contributed by atoms with Crippen molar-refractivity contribution in [3.8, 4) is 11.5 Å². The normalized spacial score (nSPS) is 18.9. The number of nitrogens with zero attached hydrogens (tertiary/aromatic N) is 1. The predicted octanol–water partition coefficient (Wildman–Crippen LogP) is 4.15. The highest BCUT2D eigenvalue weighted by Crippen LogP contribution is 2.43. The summed E-state index contributed by atoms with van der Waals surface area (Å²) in [6.07, 6.45) is 0.596. The number of benzene rings is 1. The van der Waals surface area contributed by atoms with Gasteiger partial charge in [0.2, 0.25) is 0 Å². The van der Waals surface area contributed by atoms with Gasteiger partial charge in [-0.05, 0) is 59.5 Å². The van der Waals surface area contributed by atoms with E-state index in [0.717, 1.165) is 40.1 Å². The van der Waals surface area contributed by atoms with Gasteiger partial charge in [0, 0.05) is 24.0 Å². The molecule has 2 aliphatic heterocycles. The SMILES string of the molecule is COc1cc([C@H]2NC(=O)c3c(sc4c3CCN(C(C)C)C4)N2)cc(Br)c1OC. The highest BCUT2D eigenvalue weighted by Gasteiger charge is 2.34. The van der Waals surface area contributed by atoms with Crippen molar-refractivity contribution in [1.29, 1.82) is 0 Å². The zero-order valence-electron chi connectivity index (χ0n) is 16.4. The standard InChI is InChI=1S/C20H24BrN3O3S/c1-10(2)24-6-5-12-15(9-24)28-20-16(12)19(25)22-18(23-20)11-7-13(21)17(27-4)14(8-11)26-3/h7-8,10,18,23H,5-6,9H2,1-4H3,(H,22,25)/t18-/m0/s1. The molecule has 3 heterocycles. The first-order chi connectivity index (χ1) is 13.4. The van der Waals surface area contributed by atoms with Gasteiger partial charge >= 0.3 is 0 Å². The molecular weight excluding hydrogens is 442 g/mol. The number of fused-ring (bicyclic) bond motifs is 3. The van der Waals surface area contributed by atoms with Crippen molar-refractivity contribution in [3.05, 3.63) is 38.2 Å². The molecule has 0 fully saturated rings.